The minimum absolute atomic E-state index is 0.0467. The molecular formula is C15H22N4O5S. The van der Waals surface area contributed by atoms with Crippen molar-refractivity contribution >= 4 is 22.0 Å². The smallest absolute Gasteiger partial charge is 0.418 e. The van der Waals surface area contributed by atoms with Crippen LogP contribution in [0, 0.1) is 0 Å². The first-order chi connectivity index (χ1) is 11.5. The molecular weight excluding hydrogens is 348 g/mol. The van der Waals surface area contributed by atoms with Gasteiger partial charge in [0.15, 0.2) is 5.60 Å². The molecule has 2 aliphatic rings. The van der Waals surface area contributed by atoms with Gasteiger partial charge in [-0.3, -0.25) is 4.79 Å². The van der Waals surface area contributed by atoms with Gasteiger partial charge in [0.25, 0.3) is 15.9 Å². The van der Waals surface area contributed by atoms with E-state index in [4.69, 9.17) is 4.74 Å². The van der Waals surface area contributed by atoms with Crippen LogP contribution in [0.1, 0.15) is 33.6 Å². The molecule has 3 heterocycles. The molecule has 0 aromatic carbocycles. The number of aromatic nitrogens is 2. The van der Waals surface area contributed by atoms with Gasteiger partial charge < -0.3 is 9.30 Å². The molecule has 9 nitrogen and oxygen atoms in total. The van der Waals surface area contributed by atoms with Crippen LogP contribution in [0.3, 0.4) is 0 Å². The normalized spacial score (nSPS) is 21.8. The van der Waals surface area contributed by atoms with E-state index in [9.17, 15) is 18.0 Å². The largest absolute Gasteiger partial charge is 0.432 e. The Morgan fingerprint density at radius 2 is 1.80 bits per heavy atom. The van der Waals surface area contributed by atoms with E-state index >= 15 is 0 Å². The summed E-state index contributed by atoms with van der Waals surface area (Å²) in [5.41, 5.74) is -1.95. The molecule has 3 rings (SSSR count). The number of imidazole rings is 1. The van der Waals surface area contributed by atoms with Crippen LogP contribution in [0.2, 0.25) is 0 Å². The number of hydrogen-bond donors (Lipinski definition) is 0. The lowest BCUT2D eigenvalue weighted by Gasteiger charge is -2.35. The Labute approximate surface area is 146 Å². The third kappa shape index (κ3) is 2.73. The number of carbonyl (C=O) groups excluding carboxylic acids is 2. The predicted octanol–water partition coefficient (Wildman–Crippen LogP) is 0.721. The molecule has 138 valence electrons. The van der Waals surface area contributed by atoms with Gasteiger partial charge in [-0.1, -0.05) is 0 Å². The summed E-state index contributed by atoms with van der Waals surface area (Å²) < 4.78 is 33.5. The van der Waals surface area contributed by atoms with Crippen LogP contribution in [0.15, 0.2) is 17.6 Å². The maximum absolute atomic E-state index is 12.8. The van der Waals surface area contributed by atoms with E-state index in [1.54, 1.807) is 34.0 Å². The molecule has 0 unspecified atom stereocenters. The van der Waals surface area contributed by atoms with Gasteiger partial charge in [0.1, 0.15) is 0 Å². The van der Waals surface area contributed by atoms with E-state index < -0.39 is 27.3 Å². The average Bonchev–Trinajstić information content (AvgIpc) is 3.02. The second-order valence-electron chi connectivity index (χ2n) is 7.40. The second-order valence-corrected chi connectivity index (χ2v) is 9.23. The molecule has 0 radical (unpaired) electrons. The lowest BCUT2D eigenvalue weighted by Crippen LogP contribution is -2.54. The Balaban J connectivity index is 1.80. The minimum atomic E-state index is -3.75. The highest BCUT2D eigenvalue weighted by Crippen LogP contribution is 2.38. The number of carbonyl (C=O) groups is 2. The summed E-state index contributed by atoms with van der Waals surface area (Å²) in [7, 11) is -2.14. The number of imide groups is 1. The number of aryl methyl sites for hydroxylation is 1. The van der Waals surface area contributed by atoms with Crippen LogP contribution in [-0.2, 0) is 26.6 Å². The van der Waals surface area contributed by atoms with E-state index in [2.05, 4.69) is 4.98 Å². The van der Waals surface area contributed by atoms with Gasteiger partial charge in [0.2, 0.25) is 5.16 Å². The third-order valence-corrected chi connectivity index (χ3v) is 6.51. The number of rotatable bonds is 2. The quantitative estimate of drug-likeness (QED) is 0.760. The zero-order chi connectivity index (χ0) is 18.6. The number of piperidine rings is 1. The number of hydrogen-bond acceptors (Lipinski definition) is 6. The van der Waals surface area contributed by atoms with E-state index in [0.717, 1.165) is 4.90 Å². The lowest BCUT2D eigenvalue weighted by atomic mass is 9.90. The Kier molecular flexibility index (Phi) is 3.95. The Hall–Kier alpha value is -1.94. The molecule has 0 N–H and O–H groups in total. The number of sulfonamides is 1. The molecule has 2 fully saturated rings. The van der Waals surface area contributed by atoms with Crippen LogP contribution >= 0.6 is 0 Å². The molecule has 1 aromatic rings. The van der Waals surface area contributed by atoms with Crippen LogP contribution in [0.5, 0.6) is 0 Å². The van der Waals surface area contributed by atoms with E-state index in [1.807, 2.05) is 0 Å². The fourth-order valence-electron chi connectivity index (χ4n) is 3.24. The molecule has 0 saturated carbocycles. The highest BCUT2D eigenvalue weighted by atomic mass is 32.2. The second kappa shape index (κ2) is 5.53. The van der Waals surface area contributed by atoms with Crippen molar-refractivity contribution in [1.29, 1.82) is 0 Å². The van der Waals surface area contributed by atoms with Gasteiger partial charge in [-0.05, 0) is 20.8 Å². The Morgan fingerprint density at radius 3 is 2.24 bits per heavy atom. The van der Waals surface area contributed by atoms with Crippen LogP contribution in [0.4, 0.5) is 4.79 Å². The van der Waals surface area contributed by atoms with Crippen molar-refractivity contribution in [3.8, 4) is 0 Å². The van der Waals surface area contributed by atoms with Gasteiger partial charge in [0, 0.05) is 50.9 Å². The minimum Gasteiger partial charge on any atom is -0.432 e. The average molecular weight is 370 g/mol. The van der Waals surface area contributed by atoms with Crippen molar-refractivity contribution in [3.63, 3.8) is 0 Å². The molecule has 10 heteroatoms. The summed E-state index contributed by atoms with van der Waals surface area (Å²) in [6, 6.07) is 0. The predicted molar refractivity (Wildman–Crippen MR) is 87.0 cm³/mol. The fraction of sp³-hybridized carbons (Fsp3) is 0.667. The van der Waals surface area contributed by atoms with Crippen molar-refractivity contribution in [1.82, 2.24) is 18.8 Å². The molecule has 2 amide bonds. The van der Waals surface area contributed by atoms with Crippen molar-refractivity contribution in [2.75, 3.05) is 13.1 Å². The van der Waals surface area contributed by atoms with Crippen molar-refractivity contribution in [3.05, 3.63) is 12.4 Å². The maximum atomic E-state index is 12.8. The zero-order valence-corrected chi connectivity index (χ0v) is 15.5. The van der Waals surface area contributed by atoms with Crippen molar-refractivity contribution in [2.45, 2.75) is 49.9 Å². The van der Waals surface area contributed by atoms with Gasteiger partial charge in [-0.15, -0.1) is 0 Å². The molecule has 0 bridgehead atoms. The van der Waals surface area contributed by atoms with Gasteiger partial charge in [-0.2, -0.15) is 4.31 Å². The van der Waals surface area contributed by atoms with E-state index in [0.29, 0.717) is 0 Å². The standard InChI is InChI=1S/C15H22N4O5S/c1-14(2,3)19-11(20)15(24-13(19)21)5-8-18(9-6-15)25(22,23)12-16-7-10-17(12)4/h7,10H,5-6,8-9H2,1-4H3. The van der Waals surface area contributed by atoms with Crippen molar-refractivity contribution < 1.29 is 22.7 Å². The molecule has 2 aliphatic heterocycles. The Morgan fingerprint density at radius 1 is 1.20 bits per heavy atom. The number of nitrogens with zero attached hydrogens (tertiary/aromatic N) is 4. The van der Waals surface area contributed by atoms with Gasteiger partial charge in [-0.25, -0.2) is 23.1 Å². The summed E-state index contributed by atoms with van der Waals surface area (Å²) in [4.78, 5) is 29.9. The molecule has 1 spiro atoms. The SMILES string of the molecule is Cn1ccnc1S(=O)(=O)N1CCC2(CC1)OC(=O)N(C(C)(C)C)C2=O. The topological polar surface area (TPSA) is 102 Å². The molecule has 25 heavy (non-hydrogen) atoms. The molecule has 0 aliphatic carbocycles. The first-order valence-corrected chi connectivity index (χ1v) is 9.48. The lowest BCUT2D eigenvalue weighted by molar-refractivity contribution is -0.142. The molecule has 0 atom stereocenters. The monoisotopic (exact) mass is 370 g/mol. The summed E-state index contributed by atoms with van der Waals surface area (Å²) in [6.45, 7) is 5.45. The first-order valence-electron chi connectivity index (χ1n) is 8.04. The zero-order valence-electron chi connectivity index (χ0n) is 14.7. The number of ether oxygens (including phenoxy) is 1. The maximum Gasteiger partial charge on any atom is 0.418 e. The highest BCUT2D eigenvalue weighted by Gasteiger charge is 2.58. The van der Waals surface area contributed by atoms with Crippen LogP contribution in [0.25, 0.3) is 0 Å². The van der Waals surface area contributed by atoms with Gasteiger partial charge >= 0.3 is 6.09 Å². The van der Waals surface area contributed by atoms with Gasteiger partial charge in [0.05, 0.1) is 0 Å². The summed E-state index contributed by atoms with van der Waals surface area (Å²) in [5, 5.41) is -0.0467. The third-order valence-electron chi connectivity index (χ3n) is 4.61. The molecule has 2 saturated heterocycles. The number of amides is 2. The van der Waals surface area contributed by atoms with E-state index in [-0.39, 0.29) is 37.0 Å². The summed E-state index contributed by atoms with van der Waals surface area (Å²) in [6.07, 6.45) is 2.57. The molecule has 1 aromatic heterocycles. The summed E-state index contributed by atoms with van der Waals surface area (Å²) >= 11 is 0. The highest BCUT2D eigenvalue weighted by molar-refractivity contribution is 7.89. The van der Waals surface area contributed by atoms with E-state index in [1.165, 1.54) is 15.1 Å². The Bertz CT molecular complexity index is 815. The fourth-order valence-corrected chi connectivity index (χ4v) is 4.75. The van der Waals surface area contributed by atoms with Crippen LogP contribution < -0.4 is 0 Å². The van der Waals surface area contributed by atoms with Crippen molar-refractivity contribution in [2.24, 2.45) is 7.05 Å². The van der Waals surface area contributed by atoms with Crippen LogP contribution in [-0.4, -0.2) is 63.4 Å². The summed E-state index contributed by atoms with van der Waals surface area (Å²) in [5.74, 6) is -0.390. The first kappa shape index (κ1) is 17.9.